The molecule has 1 heterocycles. The summed E-state index contributed by atoms with van der Waals surface area (Å²) in [6.07, 6.45) is 1.87. The van der Waals surface area contributed by atoms with Gasteiger partial charge in [-0.2, -0.15) is 0 Å². The maximum atomic E-state index is 11.6. The van der Waals surface area contributed by atoms with Gasteiger partial charge in [-0.1, -0.05) is 20.8 Å². The Hall–Kier alpha value is -1.31. The first-order chi connectivity index (χ1) is 8.61. The Morgan fingerprint density at radius 2 is 2.00 bits per heavy atom. The van der Waals surface area contributed by atoms with E-state index in [0.29, 0.717) is 6.42 Å². The Balaban J connectivity index is 2.05. The molecule has 1 unspecified atom stereocenters. The summed E-state index contributed by atoms with van der Waals surface area (Å²) in [7, 11) is 0. The van der Waals surface area contributed by atoms with Crippen LogP contribution in [0.3, 0.4) is 0 Å². The summed E-state index contributed by atoms with van der Waals surface area (Å²) in [6, 6.07) is 8.10. The Kier molecular flexibility index (Phi) is 4.05. The molecule has 0 N–H and O–H groups in total. The summed E-state index contributed by atoms with van der Waals surface area (Å²) in [4.78, 5) is 14.0. The van der Waals surface area contributed by atoms with E-state index in [1.807, 2.05) is 19.1 Å². The van der Waals surface area contributed by atoms with Crippen molar-refractivity contribution in [1.29, 1.82) is 0 Å². The fourth-order valence-electron chi connectivity index (χ4n) is 2.63. The van der Waals surface area contributed by atoms with Gasteiger partial charge in [-0.25, -0.2) is 0 Å². The van der Waals surface area contributed by atoms with Gasteiger partial charge < -0.3 is 4.90 Å². The molecular formula is C16H23NO. The topological polar surface area (TPSA) is 20.3 Å². The van der Waals surface area contributed by atoms with Gasteiger partial charge in [0.15, 0.2) is 5.78 Å². The van der Waals surface area contributed by atoms with E-state index in [0.717, 1.165) is 30.5 Å². The van der Waals surface area contributed by atoms with Crippen molar-refractivity contribution >= 4 is 11.5 Å². The fraction of sp³-hybridized carbons (Fsp3) is 0.562. The van der Waals surface area contributed by atoms with Crippen LogP contribution in [0, 0.1) is 11.8 Å². The molecule has 98 valence electrons. The number of ketones is 1. The number of nitrogens with zero attached hydrogens (tertiary/aromatic N) is 1. The lowest BCUT2D eigenvalue weighted by Crippen LogP contribution is -2.21. The summed E-state index contributed by atoms with van der Waals surface area (Å²) in [5.41, 5.74) is 2.09. The summed E-state index contributed by atoms with van der Waals surface area (Å²) < 4.78 is 0. The molecule has 0 amide bonds. The molecule has 0 aliphatic carbocycles. The molecule has 1 aliphatic rings. The van der Waals surface area contributed by atoms with Crippen molar-refractivity contribution in [3.8, 4) is 0 Å². The van der Waals surface area contributed by atoms with Crippen molar-refractivity contribution in [3.63, 3.8) is 0 Å². The van der Waals surface area contributed by atoms with Gasteiger partial charge in [-0.15, -0.1) is 0 Å². The second-order valence-electron chi connectivity index (χ2n) is 5.56. The fourth-order valence-corrected chi connectivity index (χ4v) is 2.63. The third-order valence-corrected chi connectivity index (χ3v) is 4.04. The smallest absolute Gasteiger partial charge is 0.162 e. The number of hydrogen-bond acceptors (Lipinski definition) is 2. The molecule has 18 heavy (non-hydrogen) atoms. The van der Waals surface area contributed by atoms with Crippen molar-refractivity contribution in [1.82, 2.24) is 0 Å². The number of benzene rings is 1. The molecule has 1 aromatic rings. The predicted octanol–water partition coefficient (Wildman–Crippen LogP) is 3.76. The van der Waals surface area contributed by atoms with E-state index in [4.69, 9.17) is 0 Å². The number of rotatable bonds is 4. The number of hydrogen-bond donors (Lipinski definition) is 0. The molecule has 1 saturated heterocycles. The van der Waals surface area contributed by atoms with Gasteiger partial charge in [0, 0.05) is 30.8 Å². The van der Waals surface area contributed by atoms with Gasteiger partial charge in [-0.3, -0.25) is 4.79 Å². The zero-order valence-electron chi connectivity index (χ0n) is 11.6. The number of carbonyl (C=O) groups is 1. The number of anilines is 1. The molecule has 0 saturated carbocycles. The minimum absolute atomic E-state index is 0.225. The second-order valence-corrected chi connectivity index (χ2v) is 5.56. The van der Waals surface area contributed by atoms with Crippen LogP contribution in [0.2, 0.25) is 0 Å². The average molecular weight is 245 g/mol. The standard InChI is InChI=1S/C16H23NO/c1-4-16(18)13-5-7-15(8-6-13)17-10-9-14(11-17)12(2)3/h5-8,12,14H,4,9-11H2,1-3H3. The van der Waals surface area contributed by atoms with Crippen LogP contribution in [0.1, 0.15) is 44.0 Å². The minimum atomic E-state index is 0.225. The van der Waals surface area contributed by atoms with Crippen LogP contribution < -0.4 is 4.90 Å². The molecule has 1 atom stereocenters. The van der Waals surface area contributed by atoms with E-state index in [-0.39, 0.29) is 5.78 Å². The summed E-state index contributed by atoms with van der Waals surface area (Å²) in [6.45, 7) is 8.81. The Bertz CT molecular complexity index is 408. The highest BCUT2D eigenvalue weighted by Crippen LogP contribution is 2.28. The van der Waals surface area contributed by atoms with Gasteiger partial charge in [0.05, 0.1) is 0 Å². The zero-order chi connectivity index (χ0) is 13.1. The minimum Gasteiger partial charge on any atom is -0.371 e. The predicted molar refractivity (Wildman–Crippen MR) is 76.2 cm³/mol. The molecular weight excluding hydrogens is 222 g/mol. The molecule has 1 fully saturated rings. The van der Waals surface area contributed by atoms with Crippen LogP contribution in [0.25, 0.3) is 0 Å². The van der Waals surface area contributed by atoms with Crippen LogP contribution in [-0.4, -0.2) is 18.9 Å². The molecule has 0 aromatic heterocycles. The maximum absolute atomic E-state index is 11.6. The van der Waals surface area contributed by atoms with Gasteiger partial charge in [0.1, 0.15) is 0 Å². The zero-order valence-corrected chi connectivity index (χ0v) is 11.6. The van der Waals surface area contributed by atoms with Crippen LogP contribution in [0.4, 0.5) is 5.69 Å². The number of carbonyl (C=O) groups excluding carboxylic acids is 1. The van der Waals surface area contributed by atoms with E-state index in [9.17, 15) is 4.79 Å². The Morgan fingerprint density at radius 1 is 1.33 bits per heavy atom. The monoisotopic (exact) mass is 245 g/mol. The SMILES string of the molecule is CCC(=O)c1ccc(N2CCC(C(C)C)C2)cc1. The number of Topliss-reactive ketones (excluding diaryl/α,β-unsaturated/α-hetero) is 1. The van der Waals surface area contributed by atoms with Crippen molar-refractivity contribution in [2.24, 2.45) is 11.8 Å². The average Bonchev–Trinajstić information content (AvgIpc) is 2.88. The maximum Gasteiger partial charge on any atom is 0.162 e. The largest absolute Gasteiger partial charge is 0.371 e. The third kappa shape index (κ3) is 2.74. The molecule has 0 spiro atoms. The van der Waals surface area contributed by atoms with E-state index in [2.05, 4.69) is 30.9 Å². The molecule has 2 heteroatoms. The summed E-state index contributed by atoms with van der Waals surface area (Å²) in [5, 5.41) is 0. The van der Waals surface area contributed by atoms with Crippen LogP contribution in [0.5, 0.6) is 0 Å². The van der Waals surface area contributed by atoms with Crippen molar-refractivity contribution in [2.45, 2.75) is 33.6 Å². The van der Waals surface area contributed by atoms with Crippen molar-refractivity contribution in [3.05, 3.63) is 29.8 Å². The molecule has 1 aliphatic heterocycles. The Morgan fingerprint density at radius 3 is 2.50 bits per heavy atom. The van der Waals surface area contributed by atoms with Gasteiger partial charge in [0.2, 0.25) is 0 Å². The highest BCUT2D eigenvalue weighted by Gasteiger charge is 2.24. The first-order valence-electron chi connectivity index (χ1n) is 7.00. The van der Waals surface area contributed by atoms with Crippen LogP contribution in [0.15, 0.2) is 24.3 Å². The summed E-state index contributed by atoms with van der Waals surface area (Å²) >= 11 is 0. The summed E-state index contributed by atoms with van der Waals surface area (Å²) in [5.74, 6) is 1.79. The normalized spacial score (nSPS) is 19.6. The lowest BCUT2D eigenvalue weighted by Gasteiger charge is -2.20. The lowest BCUT2D eigenvalue weighted by atomic mass is 9.95. The molecule has 0 bridgehead atoms. The molecule has 1 aromatic carbocycles. The van der Waals surface area contributed by atoms with E-state index < -0.39 is 0 Å². The van der Waals surface area contributed by atoms with Crippen LogP contribution >= 0.6 is 0 Å². The van der Waals surface area contributed by atoms with Gasteiger partial charge in [0.25, 0.3) is 0 Å². The van der Waals surface area contributed by atoms with E-state index in [1.54, 1.807) is 0 Å². The van der Waals surface area contributed by atoms with Gasteiger partial charge >= 0.3 is 0 Å². The van der Waals surface area contributed by atoms with Crippen molar-refractivity contribution < 1.29 is 4.79 Å². The van der Waals surface area contributed by atoms with E-state index in [1.165, 1.54) is 12.1 Å². The first-order valence-corrected chi connectivity index (χ1v) is 7.00. The molecule has 0 radical (unpaired) electrons. The first kappa shape index (κ1) is 13.1. The Labute approximate surface area is 110 Å². The van der Waals surface area contributed by atoms with E-state index >= 15 is 0 Å². The van der Waals surface area contributed by atoms with Crippen LogP contribution in [-0.2, 0) is 0 Å². The third-order valence-electron chi connectivity index (χ3n) is 4.04. The quantitative estimate of drug-likeness (QED) is 0.753. The van der Waals surface area contributed by atoms with Crippen molar-refractivity contribution in [2.75, 3.05) is 18.0 Å². The lowest BCUT2D eigenvalue weighted by molar-refractivity contribution is 0.0988. The molecule has 2 nitrogen and oxygen atoms in total. The highest BCUT2D eigenvalue weighted by atomic mass is 16.1. The molecule has 2 rings (SSSR count). The highest BCUT2D eigenvalue weighted by molar-refractivity contribution is 5.96. The second kappa shape index (κ2) is 5.55. The van der Waals surface area contributed by atoms with Gasteiger partial charge in [-0.05, 0) is 42.5 Å².